The van der Waals surface area contributed by atoms with E-state index in [0.717, 1.165) is 23.0 Å². The molecule has 1 heterocycles. The van der Waals surface area contributed by atoms with Crippen molar-refractivity contribution in [3.05, 3.63) is 65.2 Å². The second-order valence-corrected chi connectivity index (χ2v) is 5.86. The average molecular weight is 273 g/mol. The summed E-state index contributed by atoms with van der Waals surface area (Å²) in [7, 11) is -0.912. The first-order valence-electron chi connectivity index (χ1n) is 6.30. The highest BCUT2D eigenvalue weighted by atomic mass is 31.2. The van der Waals surface area contributed by atoms with E-state index in [-0.39, 0.29) is 0 Å². The lowest BCUT2D eigenvalue weighted by Gasteiger charge is -2.25. The smallest absolute Gasteiger partial charge is 0.235 e. The van der Waals surface area contributed by atoms with Crippen LogP contribution in [0.2, 0.25) is 0 Å². The van der Waals surface area contributed by atoms with Crippen molar-refractivity contribution < 1.29 is 9.05 Å². The molecule has 1 aliphatic rings. The lowest BCUT2D eigenvalue weighted by Crippen LogP contribution is -2.07. The monoisotopic (exact) mass is 273 g/mol. The fraction of sp³-hybridized carbons (Fsp3) is 0.200. The Bertz CT molecular complexity index is 574. The van der Waals surface area contributed by atoms with Crippen LogP contribution in [0.15, 0.2) is 48.5 Å². The van der Waals surface area contributed by atoms with E-state index in [1.54, 1.807) is 0 Å². The van der Waals surface area contributed by atoms with Gasteiger partial charge in [-0.25, -0.2) is 0 Å². The van der Waals surface area contributed by atoms with Crippen LogP contribution in [-0.2, 0) is 23.8 Å². The Morgan fingerprint density at radius 3 is 2.58 bits per heavy atom. The maximum Gasteiger partial charge on any atom is 0.235 e. The van der Waals surface area contributed by atoms with Crippen LogP contribution in [0.1, 0.15) is 16.7 Å². The standard InChI is InChI=1S/C15H16NO2P/c16-9-12-5-1-2-7-14(12)11-19-17-10-13-6-3-4-8-15(13)18-19/h1-8H,9-11,16H2. The molecule has 98 valence electrons. The summed E-state index contributed by atoms with van der Waals surface area (Å²) in [6, 6.07) is 16.2. The SMILES string of the molecule is NCc1ccccc1CP1OCc2ccccc2O1. The molecule has 3 nitrogen and oxygen atoms in total. The van der Waals surface area contributed by atoms with E-state index in [1.165, 1.54) is 5.56 Å². The lowest BCUT2D eigenvalue weighted by molar-refractivity contribution is 0.276. The molecule has 0 bridgehead atoms. The predicted molar refractivity (Wildman–Crippen MR) is 76.8 cm³/mol. The Morgan fingerprint density at radius 2 is 1.74 bits per heavy atom. The summed E-state index contributed by atoms with van der Waals surface area (Å²) in [5.74, 6) is 0.949. The Morgan fingerprint density at radius 1 is 1.00 bits per heavy atom. The van der Waals surface area contributed by atoms with Crippen LogP contribution >= 0.6 is 8.38 Å². The Labute approximate surface area is 114 Å². The van der Waals surface area contributed by atoms with E-state index in [0.29, 0.717) is 13.2 Å². The number of fused-ring (bicyclic) bond motifs is 1. The normalized spacial score (nSPS) is 17.6. The number of hydrogen-bond donors (Lipinski definition) is 1. The van der Waals surface area contributed by atoms with Crippen molar-refractivity contribution in [2.24, 2.45) is 5.73 Å². The van der Waals surface area contributed by atoms with Gasteiger partial charge < -0.3 is 14.8 Å². The number of benzene rings is 2. The Hall–Kier alpha value is -1.41. The second kappa shape index (κ2) is 5.70. The molecule has 0 fully saturated rings. The van der Waals surface area contributed by atoms with Gasteiger partial charge in [-0.1, -0.05) is 42.5 Å². The number of nitrogens with two attached hydrogens (primary N) is 1. The maximum absolute atomic E-state index is 5.94. The molecule has 1 atom stereocenters. The van der Waals surface area contributed by atoms with Crippen LogP contribution in [0.3, 0.4) is 0 Å². The molecule has 0 saturated heterocycles. The molecule has 2 aromatic rings. The van der Waals surface area contributed by atoms with Crippen LogP contribution in [-0.4, -0.2) is 0 Å². The van der Waals surface area contributed by atoms with Gasteiger partial charge in [0, 0.05) is 12.1 Å². The zero-order valence-corrected chi connectivity index (χ0v) is 11.5. The molecule has 3 rings (SSSR count). The van der Waals surface area contributed by atoms with Crippen LogP contribution < -0.4 is 10.3 Å². The van der Waals surface area contributed by atoms with Crippen molar-refractivity contribution in [1.82, 2.24) is 0 Å². The van der Waals surface area contributed by atoms with E-state index < -0.39 is 8.38 Å². The first-order chi connectivity index (χ1) is 9.36. The van der Waals surface area contributed by atoms with Crippen LogP contribution in [0.5, 0.6) is 5.75 Å². The minimum Gasteiger partial charge on any atom is -0.447 e. The first-order valence-corrected chi connectivity index (χ1v) is 7.66. The second-order valence-electron chi connectivity index (χ2n) is 4.44. The minimum atomic E-state index is -0.912. The zero-order valence-electron chi connectivity index (χ0n) is 10.6. The summed E-state index contributed by atoms with van der Waals surface area (Å²) in [6.07, 6.45) is 0.789. The van der Waals surface area contributed by atoms with Gasteiger partial charge in [0.1, 0.15) is 5.75 Å². The van der Waals surface area contributed by atoms with Gasteiger partial charge >= 0.3 is 0 Å². The third-order valence-electron chi connectivity index (χ3n) is 3.17. The molecule has 2 N–H and O–H groups in total. The van der Waals surface area contributed by atoms with Gasteiger partial charge in [0.2, 0.25) is 8.38 Å². The summed E-state index contributed by atoms with van der Waals surface area (Å²) in [6.45, 7) is 1.18. The van der Waals surface area contributed by atoms with Gasteiger partial charge in [0.15, 0.2) is 0 Å². The van der Waals surface area contributed by atoms with Gasteiger partial charge in [-0.05, 0) is 17.2 Å². The molecule has 2 aromatic carbocycles. The predicted octanol–water partition coefficient (Wildman–Crippen LogP) is 3.57. The van der Waals surface area contributed by atoms with Gasteiger partial charge in [-0.15, -0.1) is 0 Å². The molecular weight excluding hydrogens is 257 g/mol. The summed E-state index contributed by atoms with van der Waals surface area (Å²) >= 11 is 0. The van der Waals surface area contributed by atoms with Crippen molar-refractivity contribution in [3.63, 3.8) is 0 Å². The summed E-state index contributed by atoms with van der Waals surface area (Å²) in [5.41, 5.74) is 9.26. The quantitative estimate of drug-likeness (QED) is 0.869. The van der Waals surface area contributed by atoms with Crippen molar-refractivity contribution in [2.75, 3.05) is 0 Å². The van der Waals surface area contributed by atoms with E-state index >= 15 is 0 Å². The first kappa shape index (κ1) is 12.6. The van der Waals surface area contributed by atoms with Gasteiger partial charge in [-0.2, -0.15) is 0 Å². The van der Waals surface area contributed by atoms with Crippen LogP contribution in [0.4, 0.5) is 0 Å². The highest BCUT2D eigenvalue weighted by Crippen LogP contribution is 2.48. The molecule has 0 radical (unpaired) electrons. The molecular formula is C15H16NO2P. The molecule has 1 unspecified atom stereocenters. The highest BCUT2D eigenvalue weighted by molar-refractivity contribution is 7.46. The molecule has 1 aliphatic heterocycles. The third kappa shape index (κ3) is 2.79. The number of hydrogen-bond acceptors (Lipinski definition) is 3. The van der Waals surface area contributed by atoms with Gasteiger partial charge in [-0.3, -0.25) is 0 Å². The molecule has 0 saturated carbocycles. The zero-order chi connectivity index (χ0) is 13.1. The fourth-order valence-corrected chi connectivity index (χ4v) is 3.59. The highest BCUT2D eigenvalue weighted by Gasteiger charge is 2.22. The molecule has 0 aliphatic carbocycles. The lowest BCUT2D eigenvalue weighted by atomic mass is 10.1. The molecule has 0 aromatic heterocycles. The Balaban J connectivity index is 1.75. The molecule has 19 heavy (non-hydrogen) atoms. The van der Waals surface area contributed by atoms with Crippen LogP contribution in [0, 0.1) is 0 Å². The largest absolute Gasteiger partial charge is 0.447 e. The minimum absolute atomic E-state index is 0.552. The van der Waals surface area contributed by atoms with Crippen molar-refractivity contribution in [3.8, 4) is 5.75 Å². The van der Waals surface area contributed by atoms with Gasteiger partial charge in [0.25, 0.3) is 0 Å². The van der Waals surface area contributed by atoms with E-state index in [4.69, 9.17) is 14.8 Å². The van der Waals surface area contributed by atoms with Crippen molar-refractivity contribution in [2.45, 2.75) is 19.3 Å². The molecule has 0 spiro atoms. The van der Waals surface area contributed by atoms with E-state index in [9.17, 15) is 0 Å². The number of para-hydroxylation sites is 1. The van der Waals surface area contributed by atoms with E-state index in [2.05, 4.69) is 12.1 Å². The van der Waals surface area contributed by atoms with Gasteiger partial charge in [0.05, 0.1) is 12.8 Å². The maximum atomic E-state index is 5.94. The molecule has 4 heteroatoms. The summed E-state index contributed by atoms with van der Waals surface area (Å²) in [5, 5.41) is 0. The summed E-state index contributed by atoms with van der Waals surface area (Å²) in [4.78, 5) is 0. The number of rotatable bonds is 3. The van der Waals surface area contributed by atoms with Crippen molar-refractivity contribution in [1.29, 1.82) is 0 Å². The average Bonchev–Trinajstić information content (AvgIpc) is 2.48. The fourth-order valence-electron chi connectivity index (χ4n) is 2.12. The Kier molecular flexibility index (Phi) is 3.79. The van der Waals surface area contributed by atoms with E-state index in [1.807, 2.05) is 36.4 Å². The molecule has 0 amide bonds. The topological polar surface area (TPSA) is 44.5 Å². The van der Waals surface area contributed by atoms with Crippen molar-refractivity contribution >= 4 is 8.38 Å². The van der Waals surface area contributed by atoms with Crippen LogP contribution in [0.25, 0.3) is 0 Å². The summed E-state index contributed by atoms with van der Waals surface area (Å²) < 4.78 is 11.7. The third-order valence-corrected chi connectivity index (χ3v) is 4.59.